The number of halogens is 4. The summed E-state index contributed by atoms with van der Waals surface area (Å²) in [7, 11) is -3.99. The third-order valence-corrected chi connectivity index (χ3v) is 5.02. The molecule has 0 bridgehead atoms. The summed E-state index contributed by atoms with van der Waals surface area (Å²) in [5, 5.41) is 0. The number of hydrogen-bond acceptors (Lipinski definition) is 2. The summed E-state index contributed by atoms with van der Waals surface area (Å²) < 4.78 is 78.4. The average Bonchev–Trinajstić information content (AvgIpc) is 2.48. The first-order chi connectivity index (χ1) is 11.0. The smallest absolute Gasteiger partial charge is 0.207 e. The van der Waals surface area contributed by atoms with Crippen molar-refractivity contribution in [3.05, 3.63) is 65.0 Å². The fourth-order valence-corrected chi connectivity index (χ4v) is 3.45. The van der Waals surface area contributed by atoms with Crippen LogP contribution in [-0.2, 0) is 16.2 Å². The van der Waals surface area contributed by atoms with E-state index in [9.17, 15) is 26.0 Å². The van der Waals surface area contributed by atoms with Crippen molar-refractivity contribution in [3.63, 3.8) is 0 Å². The van der Waals surface area contributed by atoms with Crippen molar-refractivity contribution in [2.24, 2.45) is 0 Å². The first kappa shape index (κ1) is 18.4. The maximum Gasteiger partial charge on any atom is 0.416 e. The molecule has 2 rings (SSSR count). The zero-order chi connectivity index (χ0) is 18.1. The molecule has 1 unspecified atom stereocenters. The molecule has 0 aliphatic carbocycles. The predicted molar refractivity (Wildman–Crippen MR) is 81.3 cm³/mol. The zero-order valence-electron chi connectivity index (χ0n) is 12.9. The molecule has 24 heavy (non-hydrogen) atoms. The van der Waals surface area contributed by atoms with Crippen LogP contribution in [0.4, 0.5) is 17.6 Å². The van der Waals surface area contributed by atoms with Crippen molar-refractivity contribution >= 4 is 10.0 Å². The third kappa shape index (κ3) is 4.12. The molecule has 130 valence electrons. The Hall–Kier alpha value is -1.93. The fraction of sp³-hybridized carbons (Fsp3) is 0.250. The van der Waals surface area contributed by atoms with Crippen molar-refractivity contribution in [2.45, 2.75) is 31.0 Å². The highest BCUT2D eigenvalue weighted by molar-refractivity contribution is 7.89. The molecule has 0 saturated heterocycles. The van der Waals surface area contributed by atoms with E-state index in [1.54, 1.807) is 0 Å². The van der Waals surface area contributed by atoms with Crippen LogP contribution in [0.15, 0.2) is 47.4 Å². The van der Waals surface area contributed by atoms with Crippen molar-refractivity contribution < 1.29 is 26.0 Å². The van der Waals surface area contributed by atoms with Gasteiger partial charge in [0.2, 0.25) is 10.0 Å². The van der Waals surface area contributed by atoms with Crippen LogP contribution >= 0.6 is 0 Å². The average molecular weight is 361 g/mol. The second-order valence-corrected chi connectivity index (χ2v) is 7.09. The SMILES string of the molecule is Cc1cc(S(=O)(=O)NC(C)c2cccc(C(F)(F)F)c2)ccc1F. The predicted octanol–water partition coefficient (Wildman–Crippen LogP) is 4.19. The van der Waals surface area contributed by atoms with Gasteiger partial charge in [0, 0.05) is 6.04 Å². The minimum atomic E-state index is -4.51. The quantitative estimate of drug-likeness (QED) is 0.830. The molecule has 0 amide bonds. The molecule has 0 radical (unpaired) electrons. The van der Waals surface area contributed by atoms with Gasteiger partial charge in [0.05, 0.1) is 10.5 Å². The summed E-state index contributed by atoms with van der Waals surface area (Å²) in [5.41, 5.74) is -0.527. The number of aryl methyl sites for hydroxylation is 1. The van der Waals surface area contributed by atoms with Gasteiger partial charge in [-0.1, -0.05) is 12.1 Å². The molecule has 1 N–H and O–H groups in total. The van der Waals surface area contributed by atoms with E-state index in [0.717, 1.165) is 30.3 Å². The van der Waals surface area contributed by atoms with Crippen LogP contribution in [0.2, 0.25) is 0 Å². The summed E-state index contributed by atoms with van der Waals surface area (Å²) in [4.78, 5) is -0.153. The van der Waals surface area contributed by atoms with Crippen molar-refractivity contribution in [1.29, 1.82) is 0 Å². The molecule has 0 spiro atoms. The minimum Gasteiger partial charge on any atom is -0.207 e. The molecule has 3 nitrogen and oxygen atoms in total. The maximum absolute atomic E-state index is 13.2. The lowest BCUT2D eigenvalue weighted by Crippen LogP contribution is -2.27. The van der Waals surface area contributed by atoms with E-state index < -0.39 is 33.6 Å². The monoisotopic (exact) mass is 361 g/mol. The van der Waals surface area contributed by atoms with Gasteiger partial charge < -0.3 is 0 Å². The first-order valence-corrected chi connectivity index (χ1v) is 8.44. The van der Waals surface area contributed by atoms with E-state index >= 15 is 0 Å². The second kappa shape index (κ2) is 6.52. The summed E-state index contributed by atoms with van der Waals surface area (Å²) in [6, 6.07) is 6.82. The zero-order valence-corrected chi connectivity index (χ0v) is 13.7. The third-order valence-electron chi connectivity index (χ3n) is 3.49. The number of alkyl halides is 3. The van der Waals surface area contributed by atoms with Crippen molar-refractivity contribution in [3.8, 4) is 0 Å². The summed E-state index contributed by atoms with van der Waals surface area (Å²) in [6.07, 6.45) is -4.51. The van der Waals surface area contributed by atoms with Crippen LogP contribution in [0.1, 0.15) is 29.7 Å². The van der Waals surface area contributed by atoms with Crippen LogP contribution in [0.25, 0.3) is 0 Å². The molecule has 0 fully saturated rings. The minimum absolute atomic E-state index is 0.153. The van der Waals surface area contributed by atoms with Gasteiger partial charge in [0.1, 0.15) is 5.82 Å². The Balaban J connectivity index is 2.28. The number of hydrogen-bond donors (Lipinski definition) is 1. The second-order valence-electron chi connectivity index (χ2n) is 5.38. The van der Waals surface area contributed by atoms with E-state index in [-0.39, 0.29) is 16.0 Å². The van der Waals surface area contributed by atoms with Crippen LogP contribution in [0.5, 0.6) is 0 Å². The lowest BCUT2D eigenvalue weighted by atomic mass is 10.1. The van der Waals surface area contributed by atoms with Gasteiger partial charge in [0.15, 0.2) is 0 Å². The molecule has 0 saturated carbocycles. The Morgan fingerprint density at radius 3 is 2.33 bits per heavy atom. The molecule has 1 atom stereocenters. The van der Waals surface area contributed by atoms with Gasteiger partial charge in [0.25, 0.3) is 0 Å². The molecule has 8 heteroatoms. The van der Waals surface area contributed by atoms with E-state index in [0.29, 0.717) is 0 Å². The van der Waals surface area contributed by atoms with Gasteiger partial charge in [-0.05, 0) is 55.3 Å². The van der Waals surface area contributed by atoms with Crippen molar-refractivity contribution in [1.82, 2.24) is 4.72 Å². The topological polar surface area (TPSA) is 46.2 Å². The van der Waals surface area contributed by atoms with E-state index in [1.807, 2.05) is 0 Å². The Labute approximate surface area is 137 Å². The van der Waals surface area contributed by atoms with Crippen molar-refractivity contribution in [2.75, 3.05) is 0 Å². The highest BCUT2D eigenvalue weighted by Crippen LogP contribution is 2.31. The van der Waals surface area contributed by atoms with Gasteiger partial charge in [-0.3, -0.25) is 0 Å². The molecular weight excluding hydrogens is 346 g/mol. The van der Waals surface area contributed by atoms with Gasteiger partial charge >= 0.3 is 6.18 Å². The molecular formula is C16H15F4NO2S. The lowest BCUT2D eigenvalue weighted by Gasteiger charge is -2.16. The number of nitrogens with one attached hydrogen (secondary N) is 1. The Bertz CT molecular complexity index is 847. The van der Waals surface area contributed by atoms with E-state index in [4.69, 9.17) is 0 Å². The van der Waals surface area contributed by atoms with Gasteiger partial charge in [-0.15, -0.1) is 0 Å². The Morgan fingerprint density at radius 1 is 1.08 bits per heavy atom. The molecule has 0 heterocycles. The number of rotatable bonds is 4. The van der Waals surface area contributed by atoms with Gasteiger partial charge in [-0.2, -0.15) is 13.2 Å². The lowest BCUT2D eigenvalue weighted by molar-refractivity contribution is -0.137. The first-order valence-electron chi connectivity index (χ1n) is 6.96. The fourth-order valence-electron chi connectivity index (χ4n) is 2.14. The standard InChI is InChI=1S/C16H15F4NO2S/c1-10-8-14(6-7-15(10)17)24(22,23)21-11(2)12-4-3-5-13(9-12)16(18,19)20/h3-9,11,21H,1-2H3. The van der Waals surface area contributed by atoms with Gasteiger partial charge in [-0.25, -0.2) is 17.5 Å². The van der Waals surface area contributed by atoms with Crippen LogP contribution in [-0.4, -0.2) is 8.42 Å². The highest BCUT2D eigenvalue weighted by atomic mass is 32.2. The van der Waals surface area contributed by atoms with E-state index in [2.05, 4.69) is 4.72 Å². The summed E-state index contributed by atoms with van der Waals surface area (Å²) in [5.74, 6) is -0.542. The number of sulfonamides is 1. The number of benzene rings is 2. The van der Waals surface area contributed by atoms with Crippen LogP contribution in [0.3, 0.4) is 0 Å². The molecule has 2 aromatic rings. The molecule has 0 aliphatic heterocycles. The molecule has 0 aliphatic rings. The normalized spacial score (nSPS) is 13.8. The Morgan fingerprint density at radius 2 is 1.75 bits per heavy atom. The largest absolute Gasteiger partial charge is 0.416 e. The summed E-state index contributed by atoms with van der Waals surface area (Å²) in [6.45, 7) is 2.86. The molecule has 0 aromatic heterocycles. The maximum atomic E-state index is 13.2. The van der Waals surface area contributed by atoms with E-state index in [1.165, 1.54) is 26.0 Å². The van der Waals surface area contributed by atoms with Crippen LogP contribution < -0.4 is 4.72 Å². The highest BCUT2D eigenvalue weighted by Gasteiger charge is 2.31. The van der Waals surface area contributed by atoms with Crippen LogP contribution in [0, 0.1) is 12.7 Å². The molecule has 2 aromatic carbocycles. The Kier molecular flexibility index (Phi) is 5.00. The summed E-state index contributed by atoms with van der Waals surface area (Å²) >= 11 is 0.